The molecule has 0 aliphatic rings. The van der Waals surface area contributed by atoms with Crippen molar-refractivity contribution >= 4 is 10.9 Å². The fraction of sp³-hybridized carbons (Fsp3) is 0.273. The van der Waals surface area contributed by atoms with Crippen LogP contribution in [-0.4, -0.2) is 23.3 Å². The van der Waals surface area contributed by atoms with Crippen LogP contribution in [0.1, 0.15) is 0 Å². The van der Waals surface area contributed by atoms with Crippen LogP contribution in [0.3, 0.4) is 0 Å². The van der Waals surface area contributed by atoms with Crippen molar-refractivity contribution < 1.29 is 9.13 Å². The molecule has 0 unspecified atom stereocenters. The highest BCUT2D eigenvalue weighted by Crippen LogP contribution is 2.07. The van der Waals surface area contributed by atoms with Crippen LogP contribution in [0.25, 0.3) is 10.9 Å². The summed E-state index contributed by atoms with van der Waals surface area (Å²) in [5, 5.41) is 0.153. The molecular weight excluding hydrogens is 227 g/mol. The van der Waals surface area contributed by atoms with E-state index in [-0.39, 0.29) is 18.5 Å². The van der Waals surface area contributed by atoms with Gasteiger partial charge in [0.15, 0.2) is 0 Å². The summed E-state index contributed by atoms with van der Waals surface area (Å²) in [5.74, 6) is -0.514. The van der Waals surface area contributed by atoms with Crippen LogP contribution in [0.15, 0.2) is 27.8 Å². The fourth-order valence-electron chi connectivity index (χ4n) is 1.61. The number of aromatic amines is 1. The molecule has 1 N–H and O–H groups in total. The second-order valence-electron chi connectivity index (χ2n) is 3.57. The first kappa shape index (κ1) is 11.5. The van der Waals surface area contributed by atoms with Gasteiger partial charge >= 0.3 is 5.69 Å². The highest BCUT2D eigenvalue weighted by atomic mass is 19.1. The summed E-state index contributed by atoms with van der Waals surface area (Å²) in [4.78, 5) is 26.1. The monoisotopic (exact) mass is 238 g/mol. The first-order chi connectivity index (χ1) is 8.13. The number of ether oxygens (including phenoxy) is 1. The quantitative estimate of drug-likeness (QED) is 0.845. The lowest BCUT2D eigenvalue weighted by Gasteiger charge is -2.05. The first-order valence-electron chi connectivity index (χ1n) is 5.05. The maximum Gasteiger partial charge on any atom is 0.328 e. The van der Waals surface area contributed by atoms with Crippen LogP contribution in [0.2, 0.25) is 0 Å². The molecule has 0 bridgehead atoms. The Morgan fingerprint density at radius 1 is 1.41 bits per heavy atom. The van der Waals surface area contributed by atoms with Gasteiger partial charge in [0.2, 0.25) is 0 Å². The number of hydrogen-bond donors (Lipinski definition) is 1. The van der Waals surface area contributed by atoms with Crippen molar-refractivity contribution in [2.45, 2.75) is 6.54 Å². The van der Waals surface area contributed by atoms with E-state index in [0.717, 1.165) is 10.6 Å². The lowest BCUT2D eigenvalue weighted by molar-refractivity contribution is 0.185. The molecule has 6 heteroatoms. The van der Waals surface area contributed by atoms with E-state index in [0.29, 0.717) is 5.52 Å². The van der Waals surface area contributed by atoms with Crippen molar-refractivity contribution in [3.8, 4) is 0 Å². The average Bonchev–Trinajstić information content (AvgIpc) is 2.30. The third-order valence-corrected chi connectivity index (χ3v) is 2.46. The summed E-state index contributed by atoms with van der Waals surface area (Å²) in [5.41, 5.74) is -0.707. The zero-order valence-electron chi connectivity index (χ0n) is 9.20. The van der Waals surface area contributed by atoms with Crippen LogP contribution >= 0.6 is 0 Å². The second-order valence-corrected chi connectivity index (χ2v) is 3.57. The van der Waals surface area contributed by atoms with Gasteiger partial charge in [-0.25, -0.2) is 9.18 Å². The number of halogens is 1. The maximum atomic E-state index is 13.0. The van der Waals surface area contributed by atoms with E-state index >= 15 is 0 Å². The number of methoxy groups -OCH3 is 1. The van der Waals surface area contributed by atoms with Crippen molar-refractivity contribution in [2.75, 3.05) is 13.7 Å². The van der Waals surface area contributed by atoms with E-state index in [1.165, 1.54) is 19.2 Å². The molecule has 1 heterocycles. The van der Waals surface area contributed by atoms with Crippen LogP contribution < -0.4 is 11.2 Å². The Balaban J connectivity index is 2.69. The summed E-state index contributed by atoms with van der Waals surface area (Å²) >= 11 is 0. The van der Waals surface area contributed by atoms with E-state index in [4.69, 9.17) is 4.74 Å². The number of rotatable bonds is 3. The zero-order valence-corrected chi connectivity index (χ0v) is 9.20. The average molecular weight is 238 g/mol. The molecule has 0 saturated carbocycles. The summed E-state index contributed by atoms with van der Waals surface area (Å²) in [7, 11) is 1.47. The van der Waals surface area contributed by atoms with Gasteiger partial charge in [-0.05, 0) is 18.2 Å². The minimum absolute atomic E-state index is 0.136. The molecule has 0 amide bonds. The van der Waals surface area contributed by atoms with Gasteiger partial charge in [-0.15, -0.1) is 0 Å². The van der Waals surface area contributed by atoms with Crippen molar-refractivity contribution in [1.82, 2.24) is 9.55 Å². The highest BCUT2D eigenvalue weighted by Gasteiger charge is 2.07. The van der Waals surface area contributed by atoms with Crippen LogP contribution in [-0.2, 0) is 11.3 Å². The Kier molecular flexibility index (Phi) is 3.06. The third kappa shape index (κ3) is 2.12. The Hall–Kier alpha value is -1.95. The molecule has 2 rings (SSSR count). The Morgan fingerprint density at radius 2 is 2.18 bits per heavy atom. The number of benzene rings is 1. The van der Waals surface area contributed by atoms with E-state index < -0.39 is 17.1 Å². The van der Waals surface area contributed by atoms with Gasteiger partial charge in [0.05, 0.1) is 24.1 Å². The molecule has 0 radical (unpaired) electrons. The molecule has 1 aromatic carbocycles. The SMILES string of the molecule is COCCn1c(=O)[nH]c2ccc(F)cc2c1=O. The number of aromatic nitrogens is 2. The number of H-pyrrole nitrogens is 1. The molecule has 17 heavy (non-hydrogen) atoms. The van der Waals surface area contributed by atoms with Crippen LogP contribution in [0.4, 0.5) is 4.39 Å². The van der Waals surface area contributed by atoms with Gasteiger partial charge in [-0.2, -0.15) is 0 Å². The summed E-state index contributed by atoms with van der Waals surface area (Å²) in [6.07, 6.45) is 0. The molecule has 0 saturated heterocycles. The van der Waals surface area contributed by atoms with Gasteiger partial charge in [0.25, 0.3) is 5.56 Å². The molecule has 0 aliphatic carbocycles. The summed E-state index contributed by atoms with van der Waals surface area (Å²) < 4.78 is 18.8. The number of fused-ring (bicyclic) bond motifs is 1. The summed E-state index contributed by atoms with van der Waals surface area (Å²) in [6.45, 7) is 0.376. The zero-order chi connectivity index (χ0) is 12.4. The minimum Gasteiger partial charge on any atom is -0.383 e. The van der Waals surface area contributed by atoms with E-state index in [1.54, 1.807) is 0 Å². The number of hydrogen-bond acceptors (Lipinski definition) is 3. The largest absolute Gasteiger partial charge is 0.383 e. The second kappa shape index (κ2) is 4.50. The Morgan fingerprint density at radius 3 is 2.88 bits per heavy atom. The molecule has 2 aromatic rings. The van der Waals surface area contributed by atoms with Gasteiger partial charge in [0.1, 0.15) is 5.82 Å². The predicted molar refractivity (Wildman–Crippen MR) is 60.7 cm³/mol. The molecule has 0 aliphatic heterocycles. The van der Waals surface area contributed by atoms with Crippen molar-refractivity contribution in [3.63, 3.8) is 0 Å². The molecule has 0 spiro atoms. The molecule has 0 fully saturated rings. The summed E-state index contributed by atoms with van der Waals surface area (Å²) in [6, 6.07) is 3.67. The molecule has 0 atom stereocenters. The smallest absolute Gasteiger partial charge is 0.328 e. The third-order valence-electron chi connectivity index (χ3n) is 2.46. The van der Waals surface area contributed by atoms with Crippen molar-refractivity contribution in [1.29, 1.82) is 0 Å². The van der Waals surface area contributed by atoms with Crippen molar-refractivity contribution in [2.24, 2.45) is 0 Å². The lowest BCUT2D eigenvalue weighted by Crippen LogP contribution is -2.36. The van der Waals surface area contributed by atoms with Crippen LogP contribution in [0, 0.1) is 5.82 Å². The van der Waals surface area contributed by atoms with E-state index in [1.807, 2.05) is 0 Å². The van der Waals surface area contributed by atoms with E-state index in [2.05, 4.69) is 4.98 Å². The molecule has 1 aromatic heterocycles. The number of nitrogens with zero attached hydrogens (tertiary/aromatic N) is 1. The van der Waals surface area contributed by atoms with Gasteiger partial charge in [0, 0.05) is 7.11 Å². The maximum absolute atomic E-state index is 13.0. The van der Waals surface area contributed by atoms with Gasteiger partial charge in [-0.1, -0.05) is 0 Å². The van der Waals surface area contributed by atoms with Crippen molar-refractivity contribution in [3.05, 3.63) is 44.9 Å². The molecular formula is C11H11FN2O3. The van der Waals surface area contributed by atoms with Gasteiger partial charge < -0.3 is 9.72 Å². The highest BCUT2D eigenvalue weighted by molar-refractivity contribution is 5.77. The van der Waals surface area contributed by atoms with Crippen LogP contribution in [0.5, 0.6) is 0 Å². The predicted octanol–water partition coefficient (Wildman–Crippen LogP) is 0.475. The van der Waals surface area contributed by atoms with E-state index in [9.17, 15) is 14.0 Å². The molecule has 5 nitrogen and oxygen atoms in total. The van der Waals surface area contributed by atoms with Gasteiger partial charge in [-0.3, -0.25) is 9.36 Å². The lowest BCUT2D eigenvalue weighted by atomic mass is 10.2. The first-order valence-corrected chi connectivity index (χ1v) is 5.05. The Labute approximate surface area is 95.5 Å². The Bertz CT molecular complexity index is 660. The fourth-order valence-corrected chi connectivity index (χ4v) is 1.61. The topological polar surface area (TPSA) is 64.1 Å². The minimum atomic E-state index is -0.522. The number of nitrogens with one attached hydrogen (secondary N) is 1. The molecule has 90 valence electrons. The standard InChI is InChI=1S/C11H11FN2O3/c1-17-5-4-14-10(15)8-6-7(12)2-3-9(8)13-11(14)16/h2-3,6H,4-5H2,1H3,(H,13,16). The normalized spacial score (nSPS) is 10.9.